The first-order chi connectivity index (χ1) is 9.25. The van der Waals surface area contributed by atoms with Gasteiger partial charge in [0, 0.05) is 25.2 Å². The molecule has 0 atom stereocenters. The summed E-state index contributed by atoms with van der Waals surface area (Å²) in [7, 11) is 0. The van der Waals surface area contributed by atoms with Gasteiger partial charge in [-0.1, -0.05) is 25.7 Å². The van der Waals surface area contributed by atoms with Crippen molar-refractivity contribution in [3.63, 3.8) is 0 Å². The van der Waals surface area contributed by atoms with E-state index in [0.29, 0.717) is 22.8 Å². The fourth-order valence-electron chi connectivity index (χ4n) is 2.47. The highest BCUT2D eigenvalue weighted by Gasteiger charge is 2.12. The van der Waals surface area contributed by atoms with Crippen molar-refractivity contribution in [3.05, 3.63) is 22.6 Å². The van der Waals surface area contributed by atoms with Crippen LogP contribution in [0.5, 0.6) is 0 Å². The molecule has 1 fully saturated rings. The molecule has 2 N–H and O–H groups in total. The molecule has 0 unspecified atom stereocenters. The highest BCUT2D eigenvalue weighted by molar-refractivity contribution is 9.10. The third-order valence-electron chi connectivity index (χ3n) is 3.53. The lowest BCUT2D eigenvalue weighted by Gasteiger charge is -2.16. The van der Waals surface area contributed by atoms with Gasteiger partial charge in [-0.2, -0.15) is 0 Å². The number of furan rings is 1. The quantitative estimate of drug-likeness (QED) is 0.620. The number of halogens is 2. The van der Waals surface area contributed by atoms with Crippen molar-refractivity contribution in [1.82, 2.24) is 10.6 Å². The van der Waals surface area contributed by atoms with Crippen molar-refractivity contribution in [2.75, 3.05) is 13.1 Å². The third kappa shape index (κ3) is 5.85. The molecule has 114 valence electrons. The van der Waals surface area contributed by atoms with Gasteiger partial charge in [0.1, 0.15) is 6.26 Å². The van der Waals surface area contributed by atoms with E-state index in [4.69, 9.17) is 4.42 Å². The Morgan fingerprint density at radius 3 is 2.55 bits per heavy atom. The summed E-state index contributed by atoms with van der Waals surface area (Å²) in [5.74, 6) is -0.0860. The normalized spacial score (nSPS) is 16.2. The van der Waals surface area contributed by atoms with Crippen LogP contribution >= 0.6 is 28.3 Å². The van der Waals surface area contributed by atoms with Gasteiger partial charge in [0.05, 0.1) is 5.56 Å². The van der Waals surface area contributed by atoms with E-state index in [1.165, 1.54) is 44.8 Å². The predicted molar refractivity (Wildman–Crippen MR) is 85.5 cm³/mol. The van der Waals surface area contributed by atoms with Crippen molar-refractivity contribution < 1.29 is 9.21 Å². The van der Waals surface area contributed by atoms with Gasteiger partial charge >= 0.3 is 0 Å². The Labute approximate surface area is 134 Å². The first-order valence-electron chi connectivity index (χ1n) is 7.01. The highest BCUT2D eigenvalue weighted by Crippen LogP contribution is 2.17. The Bertz CT molecular complexity index is 404. The fourth-order valence-corrected chi connectivity index (χ4v) is 2.81. The summed E-state index contributed by atoms with van der Waals surface area (Å²) in [4.78, 5) is 11.7. The second kappa shape index (κ2) is 9.42. The van der Waals surface area contributed by atoms with E-state index >= 15 is 0 Å². The average molecular weight is 366 g/mol. The van der Waals surface area contributed by atoms with Crippen molar-refractivity contribution >= 4 is 34.2 Å². The molecule has 0 bridgehead atoms. The first-order valence-corrected chi connectivity index (χ1v) is 7.80. The van der Waals surface area contributed by atoms with Crippen LogP contribution in [-0.4, -0.2) is 25.0 Å². The first kappa shape index (κ1) is 17.5. The van der Waals surface area contributed by atoms with Crippen LogP contribution in [0.3, 0.4) is 0 Å². The summed E-state index contributed by atoms with van der Waals surface area (Å²) < 4.78 is 5.62. The van der Waals surface area contributed by atoms with E-state index in [1.807, 2.05) is 0 Å². The van der Waals surface area contributed by atoms with Crippen LogP contribution in [0.15, 0.2) is 21.4 Å². The Morgan fingerprint density at radius 1 is 1.25 bits per heavy atom. The molecular weight excluding hydrogens is 344 g/mol. The van der Waals surface area contributed by atoms with E-state index < -0.39 is 0 Å². The van der Waals surface area contributed by atoms with Gasteiger partial charge < -0.3 is 15.1 Å². The van der Waals surface area contributed by atoms with Gasteiger partial charge in [0.15, 0.2) is 4.67 Å². The summed E-state index contributed by atoms with van der Waals surface area (Å²) >= 11 is 3.18. The standard InChI is InChI=1S/C14H21BrN2O2.ClH/c15-13-9-11(10-19-13)14(18)17-8-7-16-12-5-3-1-2-4-6-12;/h9-10,12,16H,1-8H2,(H,17,18);1H. The lowest BCUT2D eigenvalue weighted by molar-refractivity contribution is 0.0953. The molecule has 0 aliphatic heterocycles. The molecule has 0 aromatic carbocycles. The minimum absolute atomic E-state index is 0. The largest absolute Gasteiger partial charge is 0.457 e. The number of hydrogen-bond donors (Lipinski definition) is 2. The van der Waals surface area contributed by atoms with E-state index in [2.05, 4.69) is 26.6 Å². The summed E-state index contributed by atoms with van der Waals surface area (Å²) in [5.41, 5.74) is 0.557. The molecule has 1 amide bonds. The summed E-state index contributed by atoms with van der Waals surface area (Å²) in [5, 5.41) is 6.41. The minimum atomic E-state index is -0.0860. The van der Waals surface area contributed by atoms with Crippen LogP contribution in [0.1, 0.15) is 48.9 Å². The molecule has 1 aromatic rings. The number of carbonyl (C=O) groups is 1. The van der Waals surface area contributed by atoms with Crippen molar-refractivity contribution in [2.24, 2.45) is 0 Å². The number of nitrogens with one attached hydrogen (secondary N) is 2. The molecule has 4 nitrogen and oxygen atoms in total. The Hall–Kier alpha value is -0.520. The molecule has 1 saturated carbocycles. The van der Waals surface area contributed by atoms with Crippen molar-refractivity contribution in [3.8, 4) is 0 Å². The molecule has 0 spiro atoms. The topological polar surface area (TPSA) is 54.3 Å². The monoisotopic (exact) mass is 364 g/mol. The maximum atomic E-state index is 11.7. The van der Waals surface area contributed by atoms with E-state index in [9.17, 15) is 4.79 Å². The second-order valence-electron chi connectivity index (χ2n) is 5.04. The smallest absolute Gasteiger partial charge is 0.254 e. The number of carbonyl (C=O) groups excluding carboxylic acids is 1. The van der Waals surface area contributed by atoms with E-state index in [-0.39, 0.29) is 18.3 Å². The maximum Gasteiger partial charge on any atom is 0.254 e. The number of hydrogen-bond acceptors (Lipinski definition) is 3. The van der Waals surface area contributed by atoms with Crippen LogP contribution in [0.2, 0.25) is 0 Å². The van der Waals surface area contributed by atoms with Gasteiger partial charge in [-0.15, -0.1) is 12.4 Å². The molecule has 1 aliphatic rings. The molecule has 0 radical (unpaired) electrons. The highest BCUT2D eigenvalue weighted by atomic mass is 79.9. The van der Waals surface area contributed by atoms with Crippen LogP contribution < -0.4 is 10.6 Å². The summed E-state index contributed by atoms with van der Waals surface area (Å²) in [6, 6.07) is 2.30. The second-order valence-corrected chi connectivity index (χ2v) is 5.82. The number of amides is 1. The van der Waals surface area contributed by atoms with Gasteiger partial charge in [-0.25, -0.2) is 0 Å². The minimum Gasteiger partial charge on any atom is -0.457 e. The van der Waals surface area contributed by atoms with Crippen LogP contribution in [-0.2, 0) is 0 Å². The molecular formula is C14H22BrClN2O2. The van der Waals surface area contributed by atoms with Gasteiger partial charge in [-0.3, -0.25) is 4.79 Å². The Balaban J connectivity index is 0.00000200. The lowest BCUT2D eigenvalue weighted by atomic mass is 10.1. The average Bonchev–Trinajstić information content (AvgIpc) is 2.68. The molecule has 6 heteroatoms. The van der Waals surface area contributed by atoms with E-state index in [0.717, 1.165) is 6.54 Å². The zero-order valence-corrected chi connectivity index (χ0v) is 13.9. The number of rotatable bonds is 5. The molecule has 1 heterocycles. The van der Waals surface area contributed by atoms with Gasteiger partial charge in [-0.05, 0) is 28.8 Å². The van der Waals surface area contributed by atoms with Crippen LogP contribution in [0.25, 0.3) is 0 Å². The molecule has 20 heavy (non-hydrogen) atoms. The maximum absolute atomic E-state index is 11.7. The van der Waals surface area contributed by atoms with E-state index in [1.54, 1.807) is 6.07 Å². The zero-order valence-electron chi connectivity index (χ0n) is 11.5. The van der Waals surface area contributed by atoms with Gasteiger partial charge in [0.25, 0.3) is 5.91 Å². The van der Waals surface area contributed by atoms with Crippen molar-refractivity contribution in [2.45, 2.75) is 44.6 Å². The molecule has 1 aliphatic carbocycles. The SMILES string of the molecule is Cl.O=C(NCCNC1CCCCCC1)c1coc(Br)c1. The Kier molecular flexibility index (Phi) is 8.26. The van der Waals surface area contributed by atoms with Gasteiger partial charge in [0.2, 0.25) is 0 Å². The molecule has 0 saturated heterocycles. The molecule has 1 aromatic heterocycles. The predicted octanol–water partition coefficient (Wildman–Crippen LogP) is 3.51. The summed E-state index contributed by atoms with van der Waals surface area (Å²) in [6.45, 7) is 1.48. The van der Waals surface area contributed by atoms with Crippen LogP contribution in [0, 0.1) is 0 Å². The van der Waals surface area contributed by atoms with Crippen LogP contribution in [0.4, 0.5) is 0 Å². The third-order valence-corrected chi connectivity index (χ3v) is 3.94. The molecule has 2 rings (SSSR count). The zero-order chi connectivity index (χ0) is 13.5. The fraction of sp³-hybridized carbons (Fsp3) is 0.643. The Morgan fingerprint density at radius 2 is 1.95 bits per heavy atom. The summed E-state index contributed by atoms with van der Waals surface area (Å²) in [6.07, 6.45) is 9.37. The van der Waals surface area contributed by atoms with Crippen molar-refractivity contribution in [1.29, 1.82) is 0 Å². The lowest BCUT2D eigenvalue weighted by Crippen LogP contribution is -2.36.